The van der Waals surface area contributed by atoms with E-state index >= 15 is 0 Å². The number of rotatable bonds is 8. The van der Waals surface area contributed by atoms with Crippen LogP contribution in [0.3, 0.4) is 0 Å². The van der Waals surface area contributed by atoms with Crippen LogP contribution in [-0.4, -0.2) is 47.0 Å². The number of benzene rings is 1. The van der Waals surface area contributed by atoms with E-state index in [9.17, 15) is 9.59 Å². The predicted octanol–water partition coefficient (Wildman–Crippen LogP) is 5.16. The molecule has 1 aliphatic carbocycles. The quantitative estimate of drug-likeness (QED) is 0.470. The predicted molar refractivity (Wildman–Crippen MR) is 134 cm³/mol. The summed E-state index contributed by atoms with van der Waals surface area (Å²) in [5, 5.41) is 5.06. The van der Waals surface area contributed by atoms with Crippen LogP contribution in [0.5, 0.6) is 0 Å². The van der Waals surface area contributed by atoms with Crippen molar-refractivity contribution >= 4 is 23.2 Å². The van der Waals surface area contributed by atoms with Gasteiger partial charge in [0, 0.05) is 29.8 Å². The molecule has 0 bridgehead atoms. The number of nitrogens with zero attached hydrogens (tertiary/aromatic N) is 1. The van der Waals surface area contributed by atoms with Crippen LogP contribution in [0.1, 0.15) is 59.9 Å². The van der Waals surface area contributed by atoms with Gasteiger partial charge in [-0.3, -0.25) is 9.59 Å². The van der Waals surface area contributed by atoms with Crippen molar-refractivity contribution in [1.29, 1.82) is 0 Å². The Hall–Kier alpha value is -2.90. The van der Waals surface area contributed by atoms with Gasteiger partial charge in [0.25, 0.3) is 5.91 Å². The lowest BCUT2D eigenvalue weighted by Gasteiger charge is -2.35. The van der Waals surface area contributed by atoms with Gasteiger partial charge < -0.3 is 19.9 Å². The van der Waals surface area contributed by atoms with Crippen molar-refractivity contribution in [3.05, 3.63) is 70.5 Å². The zero-order chi connectivity index (χ0) is 23.3. The molecule has 3 heterocycles. The second-order valence-corrected chi connectivity index (χ2v) is 10.1. The lowest BCUT2D eigenvalue weighted by molar-refractivity contribution is -0.127. The van der Waals surface area contributed by atoms with Crippen LogP contribution in [0.15, 0.2) is 60.0 Å². The smallest absolute Gasteiger partial charge is 0.271 e. The average Bonchev–Trinajstić information content (AvgIpc) is 3.68. The van der Waals surface area contributed by atoms with E-state index in [4.69, 9.17) is 4.74 Å². The highest BCUT2D eigenvalue weighted by atomic mass is 32.1. The molecular formula is C27H31N3O3S. The lowest BCUT2D eigenvalue weighted by Crippen LogP contribution is -2.48. The molecule has 1 saturated heterocycles. The number of aromatic nitrogens is 1. The third-order valence-corrected chi connectivity index (χ3v) is 7.75. The largest absolute Gasteiger partial charge is 0.376 e. The molecule has 2 fully saturated rings. The molecule has 2 amide bonds. The van der Waals surface area contributed by atoms with E-state index < -0.39 is 6.04 Å². The zero-order valence-corrected chi connectivity index (χ0v) is 20.1. The maximum Gasteiger partial charge on any atom is 0.271 e. The fourth-order valence-electron chi connectivity index (χ4n) is 5.08. The van der Waals surface area contributed by atoms with Gasteiger partial charge >= 0.3 is 0 Å². The van der Waals surface area contributed by atoms with Crippen molar-refractivity contribution in [3.63, 3.8) is 0 Å². The topological polar surface area (TPSA) is 74.4 Å². The summed E-state index contributed by atoms with van der Waals surface area (Å²) in [5.41, 5.74) is 2.43. The number of carbonyl (C=O) groups excluding carboxylic acids is 2. The van der Waals surface area contributed by atoms with Crippen molar-refractivity contribution in [2.75, 3.05) is 13.2 Å². The van der Waals surface area contributed by atoms with E-state index in [2.05, 4.69) is 10.3 Å². The lowest BCUT2D eigenvalue weighted by atomic mass is 10.1. The van der Waals surface area contributed by atoms with Crippen molar-refractivity contribution in [3.8, 4) is 11.3 Å². The number of H-pyrrole nitrogens is 1. The van der Waals surface area contributed by atoms with E-state index in [0.29, 0.717) is 12.2 Å². The van der Waals surface area contributed by atoms with Crippen LogP contribution >= 0.6 is 11.3 Å². The Morgan fingerprint density at radius 2 is 1.85 bits per heavy atom. The van der Waals surface area contributed by atoms with Gasteiger partial charge in [0.05, 0.1) is 6.10 Å². The Labute approximate surface area is 204 Å². The molecule has 1 saturated carbocycles. The number of aromatic amines is 1. The number of hydrogen-bond acceptors (Lipinski definition) is 4. The molecule has 1 aromatic carbocycles. The highest BCUT2D eigenvalue weighted by molar-refractivity contribution is 7.10. The summed E-state index contributed by atoms with van der Waals surface area (Å²) in [5.74, 6) is -0.257. The molecule has 0 spiro atoms. The Morgan fingerprint density at radius 1 is 1.03 bits per heavy atom. The molecule has 3 aromatic rings. The highest BCUT2D eigenvalue weighted by Gasteiger charge is 2.39. The zero-order valence-electron chi connectivity index (χ0n) is 19.2. The molecule has 0 unspecified atom stereocenters. The van der Waals surface area contributed by atoms with E-state index in [0.717, 1.165) is 61.3 Å². The van der Waals surface area contributed by atoms with Crippen molar-refractivity contribution < 1.29 is 14.3 Å². The first-order valence-corrected chi connectivity index (χ1v) is 13.1. The van der Waals surface area contributed by atoms with Gasteiger partial charge in [-0.05, 0) is 54.8 Å². The normalized spacial score (nSPS) is 19.2. The van der Waals surface area contributed by atoms with Crippen LogP contribution in [0, 0.1) is 0 Å². The highest BCUT2D eigenvalue weighted by Crippen LogP contribution is 2.35. The Balaban J connectivity index is 1.44. The van der Waals surface area contributed by atoms with Crippen LogP contribution in [0.2, 0.25) is 0 Å². The Morgan fingerprint density at radius 3 is 2.56 bits per heavy atom. The average molecular weight is 478 g/mol. The standard InChI is InChI=1S/C27H31N3O3S/c31-26(28-18-21-12-6-16-33-21)25(24-13-7-17-34-24)30(20-10-4-5-11-20)27(32)23-15-14-22(29-23)19-8-2-1-3-9-19/h1-3,7-9,13-15,17,20-21,25,29H,4-6,10-12,16,18H2,(H,28,31)/t21-,25-/m0/s1. The summed E-state index contributed by atoms with van der Waals surface area (Å²) in [4.78, 5) is 33.6. The van der Waals surface area contributed by atoms with Gasteiger partial charge in [-0.2, -0.15) is 0 Å². The summed E-state index contributed by atoms with van der Waals surface area (Å²) in [6.07, 6.45) is 6.02. The first-order chi connectivity index (χ1) is 16.7. The minimum Gasteiger partial charge on any atom is -0.376 e. The first-order valence-electron chi connectivity index (χ1n) is 12.2. The number of nitrogens with one attached hydrogen (secondary N) is 2. The summed E-state index contributed by atoms with van der Waals surface area (Å²) >= 11 is 1.52. The van der Waals surface area contributed by atoms with E-state index in [1.165, 1.54) is 11.3 Å². The van der Waals surface area contributed by atoms with Crippen molar-refractivity contribution in [2.45, 2.75) is 56.7 Å². The van der Waals surface area contributed by atoms with Gasteiger partial charge in [-0.15, -0.1) is 11.3 Å². The molecule has 34 heavy (non-hydrogen) atoms. The molecule has 2 atom stereocenters. The molecule has 178 valence electrons. The SMILES string of the molecule is O=C(NC[C@@H]1CCCO1)[C@H](c1cccs1)N(C(=O)c1ccc(-c2ccccc2)[nH]1)C1CCCC1. The molecule has 7 heteroatoms. The van der Waals surface area contributed by atoms with E-state index in [-0.39, 0.29) is 24.0 Å². The molecule has 1 aliphatic heterocycles. The first kappa shape index (κ1) is 22.9. The third kappa shape index (κ3) is 4.95. The number of ether oxygens (including phenoxy) is 1. The fourth-order valence-corrected chi connectivity index (χ4v) is 5.90. The van der Waals surface area contributed by atoms with Crippen LogP contribution < -0.4 is 5.32 Å². The van der Waals surface area contributed by atoms with E-state index in [1.807, 2.05) is 64.9 Å². The molecule has 2 aliphatic rings. The fraction of sp³-hybridized carbons (Fsp3) is 0.407. The summed E-state index contributed by atoms with van der Waals surface area (Å²) in [6.45, 7) is 1.23. The third-order valence-electron chi connectivity index (χ3n) is 6.82. The maximum absolute atomic E-state index is 14.0. The van der Waals surface area contributed by atoms with Crippen molar-refractivity contribution in [2.24, 2.45) is 0 Å². The van der Waals surface area contributed by atoms with Gasteiger partial charge in [0.2, 0.25) is 5.91 Å². The van der Waals surface area contributed by atoms with Crippen LogP contribution in [0.4, 0.5) is 0 Å². The number of carbonyl (C=O) groups is 2. The number of thiophene rings is 1. The molecule has 0 radical (unpaired) electrons. The number of amides is 2. The maximum atomic E-state index is 14.0. The minimum atomic E-state index is -0.652. The van der Waals surface area contributed by atoms with Gasteiger partial charge in [-0.1, -0.05) is 49.2 Å². The van der Waals surface area contributed by atoms with Gasteiger partial charge in [-0.25, -0.2) is 0 Å². The summed E-state index contributed by atoms with van der Waals surface area (Å²) in [6, 6.07) is 17.0. The van der Waals surface area contributed by atoms with Gasteiger partial charge in [0.15, 0.2) is 0 Å². The minimum absolute atomic E-state index is 0.0385. The summed E-state index contributed by atoms with van der Waals surface area (Å²) in [7, 11) is 0. The number of hydrogen-bond donors (Lipinski definition) is 2. The molecule has 5 rings (SSSR count). The second kappa shape index (κ2) is 10.6. The monoisotopic (exact) mass is 477 g/mol. The molecule has 2 N–H and O–H groups in total. The summed E-state index contributed by atoms with van der Waals surface area (Å²) < 4.78 is 5.70. The second-order valence-electron chi connectivity index (χ2n) is 9.10. The van der Waals surface area contributed by atoms with E-state index in [1.54, 1.807) is 0 Å². The Kier molecular flexibility index (Phi) is 7.11. The van der Waals surface area contributed by atoms with Crippen molar-refractivity contribution in [1.82, 2.24) is 15.2 Å². The molecule has 2 aromatic heterocycles. The molecular weight excluding hydrogens is 446 g/mol. The Bertz CT molecular complexity index is 1080. The van der Waals surface area contributed by atoms with Crippen LogP contribution in [0.25, 0.3) is 11.3 Å². The van der Waals surface area contributed by atoms with Crippen LogP contribution in [-0.2, 0) is 9.53 Å². The molecule has 6 nitrogen and oxygen atoms in total. The van der Waals surface area contributed by atoms with Gasteiger partial charge in [0.1, 0.15) is 11.7 Å².